The number of hydrogen-bond acceptors (Lipinski definition) is 5. The lowest BCUT2D eigenvalue weighted by molar-refractivity contribution is -0.192. The highest BCUT2D eigenvalue weighted by Gasteiger charge is 2.38. The topological polar surface area (TPSA) is 96.7 Å². The average molecular weight is 605 g/mol. The standard InChI is InChI=1S/C31H30N4O2.C2HF3O2/c1-22-28(27-8-4-5-9-29(27)35(22)21-23-11-17-26(37-3)18-12-23)20-31(36)33-24-13-15-25(16-14-24)34(2)30-10-6-7-19-32-30;3-2(4,5)1(6)7/h4-19H,20-21H2,1-3H3,(H,33,36);(H,6,7). The fraction of sp³-hybridized carbons (Fsp3) is 0.182. The Morgan fingerprint density at radius 1 is 0.955 bits per heavy atom. The van der Waals surface area contributed by atoms with Gasteiger partial charge >= 0.3 is 12.1 Å². The Hall–Kier alpha value is -5.32. The van der Waals surface area contributed by atoms with Gasteiger partial charge in [0.1, 0.15) is 11.6 Å². The zero-order valence-electron chi connectivity index (χ0n) is 24.3. The number of carboxylic acids is 1. The summed E-state index contributed by atoms with van der Waals surface area (Å²) in [6.07, 6.45) is -3.01. The number of hydrogen-bond donors (Lipinski definition) is 2. The quantitative estimate of drug-likeness (QED) is 0.198. The van der Waals surface area contributed by atoms with Gasteiger partial charge in [-0.2, -0.15) is 13.2 Å². The van der Waals surface area contributed by atoms with E-state index in [2.05, 4.69) is 46.1 Å². The molecule has 0 aliphatic heterocycles. The lowest BCUT2D eigenvalue weighted by Crippen LogP contribution is -2.21. The second kappa shape index (κ2) is 13.8. The number of para-hydroxylation sites is 1. The van der Waals surface area contributed by atoms with Crippen molar-refractivity contribution in [1.82, 2.24) is 9.55 Å². The fourth-order valence-corrected chi connectivity index (χ4v) is 4.66. The van der Waals surface area contributed by atoms with Crippen LogP contribution in [0.5, 0.6) is 5.75 Å². The number of ether oxygens (including phenoxy) is 1. The third-order valence-corrected chi connectivity index (χ3v) is 6.97. The number of amides is 1. The molecule has 0 atom stereocenters. The van der Waals surface area contributed by atoms with Gasteiger partial charge in [-0.15, -0.1) is 0 Å². The van der Waals surface area contributed by atoms with E-state index in [1.54, 1.807) is 13.3 Å². The van der Waals surface area contributed by atoms with E-state index in [1.165, 1.54) is 5.56 Å². The Balaban J connectivity index is 0.000000566. The highest BCUT2D eigenvalue weighted by Crippen LogP contribution is 2.28. The van der Waals surface area contributed by atoms with Crippen molar-refractivity contribution in [2.75, 3.05) is 24.4 Å². The van der Waals surface area contributed by atoms with Crippen LogP contribution in [0.15, 0.2) is 97.2 Å². The first kappa shape index (κ1) is 31.6. The van der Waals surface area contributed by atoms with Crippen molar-refractivity contribution in [2.24, 2.45) is 0 Å². The Kier molecular flexibility index (Phi) is 9.89. The van der Waals surface area contributed by atoms with Crippen molar-refractivity contribution in [3.05, 3.63) is 114 Å². The maximum absolute atomic E-state index is 13.1. The SMILES string of the molecule is COc1ccc(Cn2c(C)c(CC(=O)Nc3ccc(N(C)c4ccccn4)cc3)c3ccccc32)cc1.O=C(O)C(F)(F)F. The molecule has 5 aromatic rings. The number of nitrogens with zero attached hydrogens (tertiary/aromatic N) is 3. The highest BCUT2D eigenvalue weighted by molar-refractivity contribution is 5.96. The Labute approximate surface area is 252 Å². The van der Waals surface area contributed by atoms with E-state index < -0.39 is 12.1 Å². The maximum atomic E-state index is 13.1. The van der Waals surface area contributed by atoms with Gasteiger partial charge in [0, 0.05) is 47.8 Å². The minimum absolute atomic E-state index is 0.0405. The number of halogens is 3. The largest absolute Gasteiger partial charge is 0.497 e. The lowest BCUT2D eigenvalue weighted by Gasteiger charge is -2.18. The molecule has 0 spiro atoms. The molecular weight excluding hydrogens is 573 g/mol. The van der Waals surface area contributed by atoms with Crippen LogP contribution in [0.2, 0.25) is 0 Å². The summed E-state index contributed by atoms with van der Waals surface area (Å²) >= 11 is 0. The van der Waals surface area contributed by atoms with Crippen LogP contribution < -0.4 is 15.0 Å². The van der Waals surface area contributed by atoms with Gasteiger partial charge in [0.15, 0.2) is 0 Å². The highest BCUT2D eigenvalue weighted by atomic mass is 19.4. The molecule has 2 aromatic heterocycles. The molecule has 5 rings (SSSR count). The third kappa shape index (κ3) is 7.74. The van der Waals surface area contributed by atoms with Crippen LogP contribution in [-0.4, -0.2) is 46.9 Å². The molecule has 0 saturated carbocycles. The number of aliphatic carboxylic acids is 1. The van der Waals surface area contributed by atoms with Crippen LogP contribution >= 0.6 is 0 Å². The van der Waals surface area contributed by atoms with Crippen molar-refractivity contribution in [2.45, 2.75) is 26.1 Å². The van der Waals surface area contributed by atoms with Gasteiger partial charge in [0.05, 0.1) is 13.5 Å². The minimum atomic E-state index is -5.08. The molecule has 0 unspecified atom stereocenters. The fourth-order valence-electron chi connectivity index (χ4n) is 4.66. The van der Waals surface area contributed by atoms with Crippen LogP contribution in [-0.2, 0) is 22.6 Å². The number of carbonyl (C=O) groups excluding carboxylic acids is 1. The number of aromatic nitrogens is 2. The smallest absolute Gasteiger partial charge is 0.490 e. The third-order valence-electron chi connectivity index (χ3n) is 6.97. The van der Waals surface area contributed by atoms with Gasteiger partial charge in [0.2, 0.25) is 5.91 Å². The minimum Gasteiger partial charge on any atom is -0.497 e. The van der Waals surface area contributed by atoms with Gasteiger partial charge in [-0.3, -0.25) is 4.79 Å². The van der Waals surface area contributed by atoms with E-state index in [1.807, 2.05) is 78.7 Å². The number of nitrogens with one attached hydrogen (secondary N) is 1. The Bertz CT molecular complexity index is 1720. The second-order valence-electron chi connectivity index (χ2n) is 9.84. The van der Waals surface area contributed by atoms with E-state index >= 15 is 0 Å². The Morgan fingerprint density at radius 3 is 2.18 bits per heavy atom. The first-order valence-corrected chi connectivity index (χ1v) is 13.5. The predicted octanol–water partition coefficient (Wildman–Crippen LogP) is 6.98. The molecule has 3 aromatic carbocycles. The average Bonchev–Trinajstić information content (AvgIpc) is 3.27. The molecule has 0 radical (unpaired) electrons. The number of rotatable bonds is 8. The van der Waals surface area contributed by atoms with E-state index in [-0.39, 0.29) is 5.91 Å². The van der Waals surface area contributed by atoms with Crippen LogP contribution in [0.3, 0.4) is 0 Å². The van der Waals surface area contributed by atoms with E-state index in [4.69, 9.17) is 14.6 Å². The van der Waals surface area contributed by atoms with Crippen LogP contribution in [0, 0.1) is 6.92 Å². The molecule has 2 N–H and O–H groups in total. The maximum Gasteiger partial charge on any atom is 0.490 e. The molecule has 228 valence electrons. The molecule has 0 aliphatic carbocycles. The number of methoxy groups -OCH3 is 1. The first-order valence-electron chi connectivity index (χ1n) is 13.5. The van der Waals surface area contributed by atoms with Crippen molar-refractivity contribution in [3.8, 4) is 5.75 Å². The molecule has 8 nitrogen and oxygen atoms in total. The summed E-state index contributed by atoms with van der Waals surface area (Å²) in [6.45, 7) is 2.82. The van der Waals surface area contributed by atoms with E-state index in [0.29, 0.717) is 6.42 Å². The van der Waals surface area contributed by atoms with Gasteiger partial charge in [-0.25, -0.2) is 9.78 Å². The van der Waals surface area contributed by atoms with Crippen molar-refractivity contribution >= 4 is 40.0 Å². The molecule has 0 bridgehead atoms. The number of anilines is 3. The molecule has 1 amide bonds. The molecule has 0 saturated heterocycles. The number of pyridine rings is 1. The summed E-state index contributed by atoms with van der Waals surface area (Å²) in [6, 6.07) is 30.0. The van der Waals surface area contributed by atoms with Gasteiger partial charge < -0.3 is 24.6 Å². The van der Waals surface area contributed by atoms with Gasteiger partial charge in [-0.05, 0) is 72.6 Å². The lowest BCUT2D eigenvalue weighted by atomic mass is 10.1. The number of carboxylic acid groups (broad SMARTS) is 1. The summed E-state index contributed by atoms with van der Waals surface area (Å²) in [5.74, 6) is -1.10. The summed E-state index contributed by atoms with van der Waals surface area (Å²) in [4.78, 5) is 28.4. The zero-order chi connectivity index (χ0) is 31.9. The molecule has 2 heterocycles. The molecule has 44 heavy (non-hydrogen) atoms. The van der Waals surface area contributed by atoms with Gasteiger partial charge in [0.25, 0.3) is 0 Å². The van der Waals surface area contributed by atoms with Crippen molar-refractivity contribution in [3.63, 3.8) is 0 Å². The van der Waals surface area contributed by atoms with Gasteiger partial charge in [-0.1, -0.05) is 36.4 Å². The summed E-state index contributed by atoms with van der Waals surface area (Å²) in [7, 11) is 3.64. The molecule has 11 heteroatoms. The zero-order valence-corrected chi connectivity index (χ0v) is 24.3. The number of fused-ring (bicyclic) bond motifs is 1. The van der Waals surface area contributed by atoms with Crippen LogP contribution in [0.25, 0.3) is 10.9 Å². The van der Waals surface area contributed by atoms with Crippen molar-refractivity contribution < 1.29 is 32.6 Å². The van der Waals surface area contributed by atoms with Crippen LogP contribution in [0.4, 0.5) is 30.4 Å². The summed E-state index contributed by atoms with van der Waals surface area (Å²) in [5, 5.41) is 11.3. The molecular formula is C33H31F3N4O4. The summed E-state index contributed by atoms with van der Waals surface area (Å²) in [5.41, 5.74) is 6.21. The van der Waals surface area contributed by atoms with E-state index in [0.717, 1.165) is 51.6 Å². The van der Waals surface area contributed by atoms with Crippen LogP contribution in [0.1, 0.15) is 16.8 Å². The summed E-state index contributed by atoms with van der Waals surface area (Å²) < 4.78 is 39.3. The normalized spacial score (nSPS) is 11.0. The molecule has 0 aliphatic rings. The predicted molar refractivity (Wildman–Crippen MR) is 164 cm³/mol. The second-order valence-corrected chi connectivity index (χ2v) is 9.84. The Morgan fingerprint density at radius 2 is 1.59 bits per heavy atom. The number of benzene rings is 3. The molecule has 0 fully saturated rings. The number of carbonyl (C=O) groups is 2. The monoisotopic (exact) mass is 604 g/mol. The number of alkyl halides is 3. The first-order chi connectivity index (χ1) is 21.0. The van der Waals surface area contributed by atoms with Crippen molar-refractivity contribution in [1.29, 1.82) is 0 Å². The van der Waals surface area contributed by atoms with E-state index in [9.17, 15) is 18.0 Å².